The molecule has 1 rings (SSSR count). The SMILES string of the molecule is COC(=O)C1(O)C(Br)=CC(CCCC(=O)O)=CC1Br. The van der Waals surface area contributed by atoms with E-state index >= 15 is 0 Å². The smallest absolute Gasteiger partial charge is 0.344 e. The molecule has 0 amide bonds. The van der Waals surface area contributed by atoms with Crippen LogP contribution in [0, 0.1) is 0 Å². The largest absolute Gasteiger partial charge is 0.481 e. The molecule has 19 heavy (non-hydrogen) atoms. The van der Waals surface area contributed by atoms with Crippen molar-refractivity contribution in [3.63, 3.8) is 0 Å². The van der Waals surface area contributed by atoms with Gasteiger partial charge in [0.2, 0.25) is 5.60 Å². The van der Waals surface area contributed by atoms with E-state index in [-0.39, 0.29) is 6.42 Å². The molecule has 0 aromatic carbocycles. The molecule has 0 fully saturated rings. The summed E-state index contributed by atoms with van der Waals surface area (Å²) in [6.07, 6.45) is 4.44. The standard InChI is InChI=1S/C12H14Br2O5/c1-19-11(17)12(18)8(13)5-7(6-9(12)14)3-2-4-10(15)16/h5-6,8,18H,2-4H2,1H3,(H,15,16). The summed E-state index contributed by atoms with van der Waals surface area (Å²) in [5.74, 6) is -1.61. The van der Waals surface area contributed by atoms with Crippen molar-refractivity contribution in [2.24, 2.45) is 0 Å². The van der Waals surface area contributed by atoms with E-state index in [9.17, 15) is 14.7 Å². The van der Waals surface area contributed by atoms with Crippen molar-refractivity contribution in [3.8, 4) is 0 Å². The molecule has 0 radical (unpaired) electrons. The van der Waals surface area contributed by atoms with Gasteiger partial charge in [0.25, 0.3) is 0 Å². The highest BCUT2D eigenvalue weighted by Gasteiger charge is 2.47. The first kappa shape index (κ1) is 16.4. The molecule has 0 saturated carbocycles. The van der Waals surface area contributed by atoms with Gasteiger partial charge in [-0.25, -0.2) is 4.79 Å². The van der Waals surface area contributed by atoms with Crippen molar-refractivity contribution in [1.29, 1.82) is 0 Å². The van der Waals surface area contributed by atoms with E-state index in [0.717, 1.165) is 5.57 Å². The number of ether oxygens (including phenoxy) is 1. The summed E-state index contributed by atoms with van der Waals surface area (Å²) in [5, 5.41) is 18.9. The zero-order valence-corrected chi connectivity index (χ0v) is 13.4. The van der Waals surface area contributed by atoms with Crippen molar-refractivity contribution in [3.05, 3.63) is 22.2 Å². The first-order chi connectivity index (χ1) is 8.82. The van der Waals surface area contributed by atoms with Gasteiger partial charge in [-0.1, -0.05) is 37.9 Å². The van der Waals surface area contributed by atoms with Crippen LogP contribution in [0.3, 0.4) is 0 Å². The van der Waals surface area contributed by atoms with Gasteiger partial charge in [-0.15, -0.1) is 0 Å². The van der Waals surface area contributed by atoms with Crippen molar-refractivity contribution in [1.82, 2.24) is 0 Å². The number of aliphatic carboxylic acids is 1. The summed E-state index contributed by atoms with van der Waals surface area (Å²) in [6, 6.07) is 0. The normalized spacial score (nSPS) is 26.4. The second-order valence-corrected chi connectivity index (χ2v) is 5.98. The van der Waals surface area contributed by atoms with Gasteiger partial charge >= 0.3 is 11.9 Å². The molecule has 0 aliphatic heterocycles. The second kappa shape index (κ2) is 6.67. The predicted octanol–water partition coefficient (Wildman–Crippen LogP) is 2.13. The minimum Gasteiger partial charge on any atom is -0.481 e. The molecule has 0 aromatic heterocycles. The van der Waals surface area contributed by atoms with Crippen LogP contribution in [0.5, 0.6) is 0 Å². The van der Waals surface area contributed by atoms with E-state index < -0.39 is 22.4 Å². The molecule has 0 saturated heterocycles. The van der Waals surface area contributed by atoms with E-state index in [1.54, 1.807) is 12.2 Å². The molecule has 0 heterocycles. The number of hydrogen-bond donors (Lipinski definition) is 2. The van der Waals surface area contributed by atoms with Crippen molar-refractivity contribution < 1.29 is 24.5 Å². The van der Waals surface area contributed by atoms with Crippen LogP contribution in [0.1, 0.15) is 19.3 Å². The molecule has 0 bridgehead atoms. The van der Waals surface area contributed by atoms with Gasteiger partial charge in [-0.2, -0.15) is 0 Å². The average molecular weight is 398 g/mol. The fourth-order valence-corrected chi connectivity index (χ4v) is 3.51. The lowest BCUT2D eigenvalue weighted by Crippen LogP contribution is -2.48. The highest BCUT2D eigenvalue weighted by Crippen LogP contribution is 2.38. The maximum absolute atomic E-state index is 11.6. The molecular weight excluding hydrogens is 384 g/mol. The van der Waals surface area contributed by atoms with E-state index in [0.29, 0.717) is 17.3 Å². The number of esters is 1. The molecular formula is C12H14Br2O5. The molecule has 1 aliphatic rings. The first-order valence-electron chi connectivity index (χ1n) is 5.57. The Morgan fingerprint density at radius 2 is 2.16 bits per heavy atom. The topological polar surface area (TPSA) is 83.8 Å². The molecule has 2 unspecified atom stereocenters. The molecule has 0 spiro atoms. The molecule has 2 N–H and O–H groups in total. The third kappa shape index (κ3) is 3.67. The van der Waals surface area contributed by atoms with E-state index in [1.807, 2.05) is 0 Å². The van der Waals surface area contributed by atoms with Gasteiger partial charge in [0, 0.05) is 10.9 Å². The van der Waals surface area contributed by atoms with Crippen LogP contribution in [0.2, 0.25) is 0 Å². The number of carbonyl (C=O) groups excluding carboxylic acids is 1. The van der Waals surface area contributed by atoms with E-state index in [2.05, 4.69) is 36.6 Å². The molecule has 1 aliphatic carbocycles. The number of carbonyl (C=O) groups is 2. The van der Waals surface area contributed by atoms with Crippen LogP contribution in [0.4, 0.5) is 0 Å². The minimum absolute atomic E-state index is 0.0804. The summed E-state index contributed by atoms with van der Waals surface area (Å²) < 4.78 is 4.88. The fraction of sp³-hybridized carbons (Fsp3) is 0.500. The Morgan fingerprint density at radius 1 is 1.53 bits per heavy atom. The van der Waals surface area contributed by atoms with Gasteiger partial charge in [-0.05, 0) is 24.5 Å². The fourth-order valence-electron chi connectivity index (χ4n) is 1.73. The van der Waals surface area contributed by atoms with Gasteiger partial charge in [-0.3, -0.25) is 4.79 Å². The third-order valence-electron chi connectivity index (χ3n) is 2.79. The summed E-state index contributed by atoms with van der Waals surface area (Å²) in [5.41, 5.74) is -0.936. The van der Waals surface area contributed by atoms with Crippen LogP contribution >= 0.6 is 31.9 Å². The van der Waals surface area contributed by atoms with Crippen LogP contribution in [0.15, 0.2) is 22.2 Å². The third-order valence-corrected chi connectivity index (χ3v) is 4.55. The van der Waals surface area contributed by atoms with Crippen molar-refractivity contribution >= 4 is 43.8 Å². The highest BCUT2D eigenvalue weighted by molar-refractivity contribution is 9.12. The Kier molecular flexibility index (Phi) is 5.76. The van der Waals surface area contributed by atoms with Crippen molar-refractivity contribution in [2.45, 2.75) is 29.7 Å². The Hall–Kier alpha value is -0.660. The zero-order chi connectivity index (χ0) is 14.6. The Bertz CT molecular complexity index is 443. The van der Waals surface area contributed by atoms with Crippen LogP contribution in [-0.4, -0.2) is 39.7 Å². The number of methoxy groups -OCH3 is 1. The number of allylic oxidation sites excluding steroid dienone is 2. The number of carboxylic acid groups (broad SMARTS) is 1. The Labute approximate surface area is 127 Å². The zero-order valence-electron chi connectivity index (χ0n) is 10.2. The highest BCUT2D eigenvalue weighted by atomic mass is 79.9. The van der Waals surface area contributed by atoms with E-state index in [1.165, 1.54) is 7.11 Å². The number of aliphatic hydroxyl groups is 1. The minimum atomic E-state index is -1.79. The molecule has 5 nitrogen and oxygen atoms in total. The van der Waals surface area contributed by atoms with Crippen LogP contribution < -0.4 is 0 Å². The van der Waals surface area contributed by atoms with Gasteiger partial charge < -0.3 is 14.9 Å². The van der Waals surface area contributed by atoms with Crippen LogP contribution in [0.25, 0.3) is 0 Å². The monoisotopic (exact) mass is 396 g/mol. The molecule has 0 aromatic rings. The number of carboxylic acids is 1. The van der Waals surface area contributed by atoms with Gasteiger partial charge in [0.05, 0.1) is 11.9 Å². The lowest BCUT2D eigenvalue weighted by atomic mass is 9.90. The predicted molar refractivity (Wildman–Crippen MR) is 76.3 cm³/mol. The van der Waals surface area contributed by atoms with E-state index in [4.69, 9.17) is 5.11 Å². The number of halogens is 2. The van der Waals surface area contributed by atoms with Gasteiger partial charge in [0.1, 0.15) is 0 Å². The lowest BCUT2D eigenvalue weighted by Gasteiger charge is -2.31. The number of alkyl halides is 1. The average Bonchev–Trinajstić information content (AvgIpc) is 2.34. The summed E-state index contributed by atoms with van der Waals surface area (Å²) in [7, 11) is 1.20. The Morgan fingerprint density at radius 3 is 2.63 bits per heavy atom. The Balaban J connectivity index is 2.81. The number of hydrogen-bond acceptors (Lipinski definition) is 4. The first-order valence-corrected chi connectivity index (χ1v) is 7.28. The number of rotatable bonds is 5. The lowest BCUT2D eigenvalue weighted by molar-refractivity contribution is -0.156. The molecule has 7 heteroatoms. The second-order valence-electron chi connectivity index (χ2n) is 4.14. The molecule has 106 valence electrons. The summed E-state index contributed by atoms with van der Waals surface area (Å²) in [6.45, 7) is 0. The van der Waals surface area contributed by atoms with Crippen LogP contribution in [-0.2, 0) is 14.3 Å². The van der Waals surface area contributed by atoms with Gasteiger partial charge in [0.15, 0.2) is 0 Å². The maximum Gasteiger partial charge on any atom is 0.344 e. The van der Waals surface area contributed by atoms with Crippen molar-refractivity contribution in [2.75, 3.05) is 7.11 Å². The summed E-state index contributed by atoms with van der Waals surface area (Å²) in [4.78, 5) is 21.5. The maximum atomic E-state index is 11.6. The quantitative estimate of drug-likeness (QED) is 0.548. The molecule has 2 atom stereocenters. The summed E-state index contributed by atoms with van der Waals surface area (Å²) >= 11 is 6.42.